The first-order valence-electron chi connectivity index (χ1n) is 4.91. The van der Waals surface area contributed by atoms with Crippen LogP contribution in [0.2, 0.25) is 0 Å². The second kappa shape index (κ2) is 3.47. The van der Waals surface area contributed by atoms with Crippen molar-refractivity contribution in [2.75, 3.05) is 0 Å². The Balaban J connectivity index is 2.32. The first kappa shape index (κ1) is 9.86. The molecule has 3 unspecified atom stereocenters. The Morgan fingerprint density at radius 2 is 2.36 bits per heavy atom. The van der Waals surface area contributed by atoms with Crippen LogP contribution in [0.4, 0.5) is 0 Å². The molecular weight excluding hydrogens is 198 g/mol. The molecule has 3 atom stereocenters. The molecule has 1 aliphatic carbocycles. The average Bonchev–Trinajstić information content (AvgIpc) is 2.55. The molecule has 1 aliphatic rings. The summed E-state index contributed by atoms with van der Waals surface area (Å²) < 4.78 is 2.58. The number of aliphatic hydroxyl groups excluding tert-OH is 1. The van der Waals surface area contributed by atoms with Gasteiger partial charge < -0.3 is 5.11 Å². The smallest absolute Gasteiger partial charge is 0.195 e. The van der Waals surface area contributed by atoms with Crippen LogP contribution in [0.15, 0.2) is 0 Å². The lowest BCUT2D eigenvalue weighted by Gasteiger charge is -2.41. The van der Waals surface area contributed by atoms with Gasteiger partial charge in [0.1, 0.15) is 6.61 Å². The maximum atomic E-state index is 9.10. The number of hydrogen-bond acceptors (Lipinski definition) is 3. The molecule has 0 radical (unpaired) electrons. The third kappa shape index (κ3) is 1.31. The molecule has 5 heteroatoms. The summed E-state index contributed by atoms with van der Waals surface area (Å²) in [5, 5.41) is 15.8. The lowest BCUT2D eigenvalue weighted by molar-refractivity contribution is 0.103. The van der Waals surface area contributed by atoms with Gasteiger partial charge >= 0.3 is 0 Å². The van der Waals surface area contributed by atoms with Crippen molar-refractivity contribution in [2.24, 2.45) is 11.8 Å². The quantitative estimate of drug-likeness (QED) is 0.734. The topological polar surface area (TPSA) is 53.8 Å². The highest BCUT2D eigenvalue weighted by atomic mass is 32.1. The number of aromatic amines is 1. The second-order valence-electron chi connectivity index (χ2n) is 4.11. The number of H-pyrrole nitrogens is 1. The first-order valence-corrected chi connectivity index (χ1v) is 5.32. The highest BCUT2D eigenvalue weighted by molar-refractivity contribution is 7.71. The van der Waals surface area contributed by atoms with Crippen LogP contribution in [0.3, 0.4) is 0 Å². The van der Waals surface area contributed by atoms with Crippen molar-refractivity contribution in [2.45, 2.75) is 32.9 Å². The van der Waals surface area contributed by atoms with E-state index in [9.17, 15) is 0 Å². The van der Waals surface area contributed by atoms with E-state index in [1.165, 1.54) is 0 Å². The van der Waals surface area contributed by atoms with Crippen molar-refractivity contribution in [1.82, 2.24) is 14.8 Å². The fourth-order valence-corrected chi connectivity index (χ4v) is 2.41. The molecule has 1 heterocycles. The molecule has 2 rings (SSSR count). The minimum Gasteiger partial charge on any atom is -0.388 e. The van der Waals surface area contributed by atoms with E-state index in [1.54, 1.807) is 0 Å². The minimum absolute atomic E-state index is 0.0509. The largest absolute Gasteiger partial charge is 0.388 e. The number of nitrogens with one attached hydrogen (secondary N) is 1. The van der Waals surface area contributed by atoms with Crippen LogP contribution in [0.5, 0.6) is 0 Å². The second-order valence-corrected chi connectivity index (χ2v) is 4.50. The number of aromatic nitrogens is 3. The molecule has 0 aliphatic heterocycles. The third-order valence-corrected chi connectivity index (χ3v) is 3.66. The highest BCUT2D eigenvalue weighted by Crippen LogP contribution is 2.43. The maximum Gasteiger partial charge on any atom is 0.195 e. The van der Waals surface area contributed by atoms with Crippen molar-refractivity contribution in [3.05, 3.63) is 10.6 Å². The molecule has 0 bridgehead atoms. The van der Waals surface area contributed by atoms with Crippen molar-refractivity contribution < 1.29 is 5.11 Å². The van der Waals surface area contributed by atoms with E-state index in [1.807, 2.05) is 4.57 Å². The molecule has 78 valence electrons. The molecule has 4 nitrogen and oxygen atoms in total. The summed E-state index contributed by atoms with van der Waals surface area (Å²) in [7, 11) is 0. The fraction of sp³-hybridized carbons (Fsp3) is 0.778. The average molecular weight is 213 g/mol. The predicted molar refractivity (Wildman–Crippen MR) is 55.3 cm³/mol. The molecule has 0 amide bonds. The molecule has 0 aromatic carbocycles. The van der Waals surface area contributed by atoms with Gasteiger partial charge in [-0.05, 0) is 30.5 Å². The van der Waals surface area contributed by atoms with Gasteiger partial charge in [-0.3, -0.25) is 9.67 Å². The van der Waals surface area contributed by atoms with Crippen LogP contribution < -0.4 is 0 Å². The predicted octanol–water partition coefficient (Wildman–Crippen LogP) is 1.65. The number of hydrogen-bond donors (Lipinski definition) is 2. The van der Waals surface area contributed by atoms with E-state index in [2.05, 4.69) is 24.0 Å². The summed E-state index contributed by atoms with van der Waals surface area (Å²) in [6, 6.07) is 0.415. The Labute approximate surface area is 88.0 Å². The van der Waals surface area contributed by atoms with Gasteiger partial charge in [-0.2, -0.15) is 5.10 Å². The minimum atomic E-state index is -0.0509. The Morgan fingerprint density at radius 1 is 1.64 bits per heavy atom. The summed E-state index contributed by atoms with van der Waals surface area (Å²) >= 11 is 5.14. The summed E-state index contributed by atoms with van der Waals surface area (Å²) in [5.41, 5.74) is 0. The Morgan fingerprint density at radius 3 is 2.86 bits per heavy atom. The Bertz CT molecular complexity index is 384. The molecule has 1 aromatic heterocycles. The maximum absolute atomic E-state index is 9.10. The molecule has 0 saturated heterocycles. The van der Waals surface area contributed by atoms with Crippen LogP contribution >= 0.6 is 12.2 Å². The van der Waals surface area contributed by atoms with Crippen LogP contribution in [0, 0.1) is 16.6 Å². The molecule has 1 saturated carbocycles. The third-order valence-electron chi connectivity index (χ3n) is 3.37. The van der Waals surface area contributed by atoms with E-state index in [-0.39, 0.29) is 6.61 Å². The lowest BCUT2D eigenvalue weighted by Crippen LogP contribution is -2.35. The zero-order valence-electron chi connectivity index (χ0n) is 8.40. The molecular formula is C9H15N3OS. The van der Waals surface area contributed by atoms with Crippen LogP contribution in [0.1, 0.15) is 32.1 Å². The van der Waals surface area contributed by atoms with Gasteiger partial charge in [0.25, 0.3) is 0 Å². The number of rotatable bonds is 2. The zero-order valence-corrected chi connectivity index (χ0v) is 9.21. The van der Waals surface area contributed by atoms with Gasteiger partial charge in [0.2, 0.25) is 0 Å². The number of nitrogens with zero attached hydrogens (tertiary/aromatic N) is 2. The van der Waals surface area contributed by atoms with E-state index < -0.39 is 0 Å². The monoisotopic (exact) mass is 213 g/mol. The Hall–Kier alpha value is -0.680. The van der Waals surface area contributed by atoms with Gasteiger partial charge in [-0.1, -0.05) is 13.8 Å². The van der Waals surface area contributed by atoms with Gasteiger partial charge in [0.15, 0.2) is 10.6 Å². The molecule has 0 spiro atoms. The van der Waals surface area contributed by atoms with Gasteiger partial charge in [0.05, 0.1) is 0 Å². The number of aliphatic hydroxyl groups is 1. The highest BCUT2D eigenvalue weighted by Gasteiger charge is 2.37. The van der Waals surface area contributed by atoms with Crippen molar-refractivity contribution >= 4 is 12.2 Å². The fourth-order valence-electron chi connectivity index (χ4n) is 2.13. The van der Waals surface area contributed by atoms with Gasteiger partial charge in [-0.25, -0.2) is 0 Å². The Kier molecular flexibility index (Phi) is 2.45. The van der Waals surface area contributed by atoms with E-state index in [0.29, 0.717) is 22.6 Å². The molecule has 2 N–H and O–H groups in total. The van der Waals surface area contributed by atoms with E-state index >= 15 is 0 Å². The van der Waals surface area contributed by atoms with Crippen molar-refractivity contribution in [3.63, 3.8) is 0 Å². The lowest BCUT2D eigenvalue weighted by atomic mass is 9.71. The summed E-state index contributed by atoms with van der Waals surface area (Å²) in [5.74, 6) is 2.01. The molecule has 1 aromatic rings. The summed E-state index contributed by atoms with van der Waals surface area (Å²) in [6.07, 6.45) is 1.13. The standard InChI is InChI=1S/C9H15N3OS/c1-5-3-7(6(5)2)12-8(4-13)10-11-9(12)14/h5-7,13H,3-4H2,1-2H3,(H,11,14). The van der Waals surface area contributed by atoms with Crippen LogP contribution in [-0.4, -0.2) is 19.9 Å². The van der Waals surface area contributed by atoms with Crippen LogP contribution in [0.25, 0.3) is 0 Å². The van der Waals surface area contributed by atoms with Crippen molar-refractivity contribution in [3.8, 4) is 0 Å². The van der Waals surface area contributed by atoms with Gasteiger partial charge in [0, 0.05) is 6.04 Å². The van der Waals surface area contributed by atoms with E-state index in [4.69, 9.17) is 17.3 Å². The summed E-state index contributed by atoms with van der Waals surface area (Å²) in [4.78, 5) is 0. The first-order chi connectivity index (χ1) is 6.65. The normalized spacial score (nSPS) is 31.5. The molecule has 1 fully saturated rings. The van der Waals surface area contributed by atoms with E-state index in [0.717, 1.165) is 12.3 Å². The zero-order chi connectivity index (χ0) is 10.3. The van der Waals surface area contributed by atoms with Crippen molar-refractivity contribution in [1.29, 1.82) is 0 Å². The SMILES string of the molecule is CC1CC(n2c(CO)n[nH]c2=S)C1C. The van der Waals surface area contributed by atoms with Crippen LogP contribution in [-0.2, 0) is 6.61 Å². The molecule has 14 heavy (non-hydrogen) atoms. The summed E-state index contributed by atoms with van der Waals surface area (Å²) in [6.45, 7) is 4.41. The van der Waals surface area contributed by atoms with Gasteiger partial charge in [-0.15, -0.1) is 0 Å².